The quantitative estimate of drug-likeness (QED) is 0.396. The van der Waals surface area contributed by atoms with Crippen molar-refractivity contribution in [3.05, 3.63) is 54.0 Å². The summed E-state index contributed by atoms with van der Waals surface area (Å²) < 4.78 is 31.5. The number of anilines is 1. The fourth-order valence-electron chi connectivity index (χ4n) is 3.43. The van der Waals surface area contributed by atoms with Gasteiger partial charge in [-0.3, -0.25) is 9.59 Å². The van der Waals surface area contributed by atoms with Crippen LogP contribution in [0, 0.1) is 0 Å². The number of rotatable bonds is 9. The third-order valence-corrected chi connectivity index (χ3v) is 9.43. The van der Waals surface area contributed by atoms with Crippen LogP contribution in [0.5, 0.6) is 0 Å². The molecule has 2 aromatic heterocycles. The number of carbonyl (C=O) groups excluding carboxylic acids is 2. The third kappa shape index (κ3) is 6.24. The molecule has 0 spiro atoms. The molecule has 3 aromatic rings. The Balaban J connectivity index is 1.25. The first kappa shape index (κ1) is 26.1. The lowest BCUT2D eigenvalue weighted by atomic mass is 10.2. The van der Waals surface area contributed by atoms with Crippen LogP contribution in [-0.2, 0) is 21.4 Å². The van der Waals surface area contributed by atoms with E-state index in [1.54, 1.807) is 35.4 Å². The van der Waals surface area contributed by atoms with Gasteiger partial charge in [-0.2, -0.15) is 0 Å². The van der Waals surface area contributed by atoms with Crippen molar-refractivity contribution in [2.45, 2.75) is 15.8 Å². The summed E-state index contributed by atoms with van der Waals surface area (Å²) in [7, 11) is -0.606. The maximum absolute atomic E-state index is 12.9. The number of nitrogens with zero attached hydrogens (tertiary/aromatic N) is 5. The first-order valence-electron chi connectivity index (χ1n) is 11.1. The number of sulfonamides is 1. The normalized spacial score (nSPS) is 14.3. The van der Waals surface area contributed by atoms with Crippen LogP contribution in [0.3, 0.4) is 0 Å². The summed E-state index contributed by atoms with van der Waals surface area (Å²) in [5.41, 5.74) is 0.445. The van der Waals surface area contributed by atoms with Crippen molar-refractivity contribution in [3.63, 3.8) is 0 Å². The predicted molar refractivity (Wildman–Crippen MR) is 137 cm³/mol. The van der Waals surface area contributed by atoms with E-state index in [4.69, 9.17) is 4.42 Å². The lowest BCUT2D eigenvalue weighted by Crippen LogP contribution is -2.48. The van der Waals surface area contributed by atoms with E-state index < -0.39 is 10.0 Å². The van der Waals surface area contributed by atoms with Gasteiger partial charge in [0, 0.05) is 45.8 Å². The standard InChI is InChI=1S/C22H26N6O5S3/c1-26(2)36(31,32)18-7-5-16(6-8-18)20(30)27-9-11-28(12-10-27)21-24-25-22(35-21)34-15-19(29)23-14-17-4-3-13-33-17/h3-8,13H,9-12,14-15H2,1-2H3,(H,23,29). The molecule has 0 atom stereocenters. The van der Waals surface area contributed by atoms with Crippen LogP contribution in [-0.4, -0.2) is 85.7 Å². The number of benzene rings is 1. The lowest BCUT2D eigenvalue weighted by Gasteiger charge is -2.34. The van der Waals surface area contributed by atoms with Gasteiger partial charge in [0.25, 0.3) is 5.91 Å². The van der Waals surface area contributed by atoms with Gasteiger partial charge in [-0.05, 0) is 36.4 Å². The van der Waals surface area contributed by atoms with E-state index in [-0.39, 0.29) is 22.5 Å². The van der Waals surface area contributed by atoms with Gasteiger partial charge in [0.15, 0.2) is 4.34 Å². The number of piperazine rings is 1. The highest BCUT2D eigenvalue weighted by molar-refractivity contribution is 8.01. The second-order valence-electron chi connectivity index (χ2n) is 8.09. The minimum atomic E-state index is -3.54. The van der Waals surface area contributed by atoms with E-state index >= 15 is 0 Å². The summed E-state index contributed by atoms with van der Waals surface area (Å²) in [6.45, 7) is 2.56. The molecule has 1 fully saturated rings. The molecule has 1 N–H and O–H groups in total. The molecule has 0 aliphatic carbocycles. The largest absolute Gasteiger partial charge is 0.467 e. The summed E-state index contributed by atoms with van der Waals surface area (Å²) in [6, 6.07) is 9.57. The molecule has 0 bridgehead atoms. The Morgan fingerprint density at radius 2 is 1.83 bits per heavy atom. The summed E-state index contributed by atoms with van der Waals surface area (Å²) in [4.78, 5) is 28.9. The maximum Gasteiger partial charge on any atom is 0.253 e. The van der Waals surface area contributed by atoms with Crippen molar-refractivity contribution in [2.75, 3.05) is 50.9 Å². The second-order valence-corrected chi connectivity index (χ2v) is 12.4. The maximum atomic E-state index is 12.9. The number of aromatic nitrogens is 2. The molecule has 3 heterocycles. The van der Waals surface area contributed by atoms with Gasteiger partial charge in [-0.1, -0.05) is 23.1 Å². The molecule has 11 nitrogen and oxygen atoms in total. The highest BCUT2D eigenvalue weighted by Gasteiger charge is 2.25. The van der Waals surface area contributed by atoms with Crippen LogP contribution >= 0.6 is 23.1 Å². The molecule has 1 aliphatic heterocycles. The zero-order chi connectivity index (χ0) is 25.7. The topological polar surface area (TPSA) is 129 Å². The van der Waals surface area contributed by atoms with Crippen LogP contribution in [0.25, 0.3) is 0 Å². The third-order valence-electron chi connectivity index (χ3n) is 5.48. The highest BCUT2D eigenvalue weighted by atomic mass is 32.2. The molecule has 36 heavy (non-hydrogen) atoms. The van der Waals surface area contributed by atoms with Crippen LogP contribution in [0.4, 0.5) is 5.13 Å². The first-order chi connectivity index (χ1) is 17.2. The van der Waals surface area contributed by atoms with Gasteiger partial charge in [-0.25, -0.2) is 12.7 Å². The van der Waals surface area contributed by atoms with Gasteiger partial charge in [0.1, 0.15) is 5.76 Å². The number of nitrogens with one attached hydrogen (secondary N) is 1. The molecular formula is C22H26N6O5S3. The number of amides is 2. The highest BCUT2D eigenvalue weighted by Crippen LogP contribution is 2.28. The molecule has 4 rings (SSSR count). The van der Waals surface area contributed by atoms with Crippen molar-refractivity contribution in [3.8, 4) is 0 Å². The smallest absolute Gasteiger partial charge is 0.253 e. The fourth-order valence-corrected chi connectivity index (χ4v) is 6.05. The molecule has 0 saturated carbocycles. The average molecular weight is 551 g/mol. The van der Waals surface area contributed by atoms with Crippen molar-refractivity contribution in [2.24, 2.45) is 0 Å². The summed E-state index contributed by atoms with van der Waals surface area (Å²) >= 11 is 2.74. The van der Waals surface area contributed by atoms with Crippen LogP contribution in [0.1, 0.15) is 16.1 Å². The van der Waals surface area contributed by atoms with Crippen LogP contribution in [0.15, 0.2) is 56.3 Å². The molecule has 1 aliphatic rings. The Kier molecular flexibility index (Phi) is 8.28. The van der Waals surface area contributed by atoms with Gasteiger partial charge >= 0.3 is 0 Å². The van der Waals surface area contributed by atoms with Crippen molar-refractivity contribution >= 4 is 50.1 Å². The van der Waals surface area contributed by atoms with Crippen molar-refractivity contribution in [1.29, 1.82) is 0 Å². The van der Waals surface area contributed by atoms with Gasteiger partial charge in [0.2, 0.25) is 21.1 Å². The van der Waals surface area contributed by atoms with Crippen LogP contribution < -0.4 is 10.2 Å². The van der Waals surface area contributed by atoms with E-state index in [1.165, 1.54) is 49.3 Å². The Labute approximate surface area is 217 Å². The zero-order valence-corrected chi connectivity index (χ0v) is 22.2. The Bertz CT molecular complexity index is 1280. The van der Waals surface area contributed by atoms with Crippen molar-refractivity contribution < 1.29 is 22.4 Å². The minimum absolute atomic E-state index is 0.118. The lowest BCUT2D eigenvalue weighted by molar-refractivity contribution is -0.118. The zero-order valence-electron chi connectivity index (χ0n) is 19.8. The first-order valence-corrected chi connectivity index (χ1v) is 14.3. The molecule has 0 unspecified atom stereocenters. The summed E-state index contributed by atoms with van der Waals surface area (Å²) in [6.07, 6.45) is 1.56. The van der Waals surface area contributed by atoms with E-state index in [1.807, 2.05) is 0 Å². The average Bonchev–Trinajstić information content (AvgIpc) is 3.58. The second kappa shape index (κ2) is 11.4. The van der Waals surface area contributed by atoms with E-state index in [0.717, 1.165) is 9.44 Å². The number of hydrogen-bond donors (Lipinski definition) is 1. The Morgan fingerprint density at radius 3 is 2.47 bits per heavy atom. The number of thioether (sulfide) groups is 1. The molecule has 1 saturated heterocycles. The monoisotopic (exact) mass is 550 g/mol. The fraction of sp³-hybridized carbons (Fsp3) is 0.364. The van der Waals surface area contributed by atoms with Crippen LogP contribution in [0.2, 0.25) is 0 Å². The molecule has 1 aromatic carbocycles. The molecule has 2 amide bonds. The number of furan rings is 1. The number of hydrogen-bond acceptors (Lipinski definition) is 10. The summed E-state index contributed by atoms with van der Waals surface area (Å²) in [5, 5.41) is 12.0. The van der Waals surface area contributed by atoms with E-state index in [0.29, 0.717) is 48.4 Å². The van der Waals surface area contributed by atoms with Crippen molar-refractivity contribution in [1.82, 2.24) is 24.7 Å². The van der Waals surface area contributed by atoms with Gasteiger partial charge in [-0.15, -0.1) is 10.2 Å². The Hall–Kier alpha value is -2.94. The minimum Gasteiger partial charge on any atom is -0.467 e. The molecule has 0 radical (unpaired) electrons. The van der Waals surface area contributed by atoms with Gasteiger partial charge < -0.3 is 19.5 Å². The predicted octanol–water partition coefficient (Wildman–Crippen LogP) is 1.75. The Morgan fingerprint density at radius 1 is 1.11 bits per heavy atom. The molecule has 14 heteroatoms. The van der Waals surface area contributed by atoms with E-state index in [2.05, 4.69) is 20.4 Å². The molecular weight excluding hydrogens is 524 g/mol. The summed E-state index contributed by atoms with van der Waals surface area (Å²) in [5.74, 6) is 0.662. The number of carbonyl (C=O) groups is 2. The molecule has 192 valence electrons. The SMILES string of the molecule is CN(C)S(=O)(=O)c1ccc(C(=O)N2CCN(c3nnc(SCC(=O)NCc4ccco4)s3)CC2)cc1. The van der Waals surface area contributed by atoms with E-state index in [9.17, 15) is 18.0 Å². The van der Waals surface area contributed by atoms with Gasteiger partial charge in [0.05, 0.1) is 23.5 Å².